The lowest BCUT2D eigenvalue weighted by Crippen LogP contribution is -2.10. The van der Waals surface area contributed by atoms with Crippen molar-refractivity contribution in [1.82, 2.24) is 0 Å². The maximum absolute atomic E-state index is 2.22. The first-order chi connectivity index (χ1) is 8.61. The molecule has 0 unspecified atom stereocenters. The molecule has 0 spiro atoms. The van der Waals surface area contributed by atoms with Crippen molar-refractivity contribution in [3.63, 3.8) is 0 Å². The molecule has 0 aliphatic heterocycles. The Labute approximate surface area is 136 Å². The molecule has 0 aliphatic rings. The van der Waals surface area contributed by atoms with Crippen LogP contribution in [0.3, 0.4) is 0 Å². The monoisotopic (exact) mass is 294 g/mol. The highest BCUT2D eigenvalue weighted by molar-refractivity contribution is 5.21. The third-order valence-corrected chi connectivity index (χ3v) is 1.64. The summed E-state index contributed by atoms with van der Waals surface area (Å²) in [7, 11) is 0. The van der Waals surface area contributed by atoms with Crippen LogP contribution in [0.4, 0.5) is 0 Å². The molecule has 0 fully saturated rings. The zero-order valence-electron chi connectivity index (χ0n) is 15.9. The van der Waals surface area contributed by atoms with E-state index in [-0.39, 0.29) is 7.43 Å². The second-order valence-electron chi connectivity index (χ2n) is 9.62. The van der Waals surface area contributed by atoms with Gasteiger partial charge in [0.25, 0.3) is 0 Å². The number of benzene rings is 1. The summed E-state index contributed by atoms with van der Waals surface area (Å²) in [6, 6.07) is 10.6. The van der Waals surface area contributed by atoms with E-state index in [0.717, 1.165) is 0 Å². The minimum atomic E-state index is 0. The van der Waals surface area contributed by atoms with Gasteiger partial charge in [-0.15, -0.1) is 0 Å². The largest absolute Gasteiger partial charge is 0.0776 e. The van der Waals surface area contributed by atoms with Crippen LogP contribution in [0.15, 0.2) is 30.3 Å². The van der Waals surface area contributed by atoms with Crippen molar-refractivity contribution in [1.29, 1.82) is 0 Å². The summed E-state index contributed by atoms with van der Waals surface area (Å²) in [6.07, 6.45) is 0. The zero-order chi connectivity index (χ0) is 16.6. The summed E-state index contributed by atoms with van der Waals surface area (Å²) in [6.45, 7) is 24.2. The predicted octanol–water partition coefficient (Wildman–Crippen LogP) is 7.73. The molecule has 0 aromatic heterocycles. The summed E-state index contributed by atoms with van der Waals surface area (Å²) in [5.41, 5.74) is 2.69. The molecule has 0 heteroatoms. The average Bonchev–Trinajstić information content (AvgIpc) is 2.12. The summed E-state index contributed by atoms with van der Waals surface area (Å²) in [5.74, 6) is 0. The van der Waals surface area contributed by atoms with E-state index in [2.05, 4.69) is 106 Å². The molecular formula is C21H42. The molecule has 0 N–H and O–H groups in total. The van der Waals surface area contributed by atoms with Crippen molar-refractivity contribution in [3.05, 3.63) is 35.9 Å². The third-order valence-electron chi connectivity index (χ3n) is 1.64. The lowest BCUT2D eigenvalue weighted by atomic mass is 9.87. The van der Waals surface area contributed by atoms with Crippen molar-refractivity contribution in [2.24, 2.45) is 10.8 Å². The summed E-state index contributed by atoms with van der Waals surface area (Å²) >= 11 is 0. The van der Waals surface area contributed by atoms with Crippen molar-refractivity contribution in [2.45, 2.75) is 89.0 Å². The molecule has 0 atom stereocenters. The van der Waals surface area contributed by atoms with Gasteiger partial charge in [-0.25, -0.2) is 0 Å². The topological polar surface area (TPSA) is 0 Å². The second-order valence-corrected chi connectivity index (χ2v) is 9.62. The molecule has 0 saturated carbocycles. The molecule has 0 nitrogen and oxygen atoms in total. The predicted molar refractivity (Wildman–Crippen MR) is 102 cm³/mol. The minimum absolute atomic E-state index is 0. The highest BCUT2D eigenvalue weighted by Crippen LogP contribution is 2.20. The van der Waals surface area contributed by atoms with Gasteiger partial charge in [-0.05, 0) is 21.8 Å². The quantitative estimate of drug-likeness (QED) is 0.459. The SMILES string of the molecule is C.CC(C)(C)C.CC(C)(C)C.CC(C)(C)c1ccccc1. The molecule has 0 heterocycles. The van der Waals surface area contributed by atoms with Gasteiger partial charge in [-0.3, -0.25) is 0 Å². The molecule has 126 valence electrons. The van der Waals surface area contributed by atoms with Gasteiger partial charge in [0.15, 0.2) is 0 Å². The molecule has 0 aliphatic carbocycles. The van der Waals surface area contributed by atoms with E-state index in [1.807, 2.05) is 0 Å². The molecular weight excluding hydrogens is 252 g/mol. The van der Waals surface area contributed by atoms with Crippen LogP contribution in [-0.2, 0) is 5.41 Å². The molecule has 1 aromatic carbocycles. The van der Waals surface area contributed by atoms with Crippen molar-refractivity contribution >= 4 is 0 Å². The minimum Gasteiger partial charge on any atom is -0.0776 e. The van der Waals surface area contributed by atoms with Gasteiger partial charge in [0.2, 0.25) is 0 Å². The third kappa shape index (κ3) is 32.6. The smallest absolute Gasteiger partial charge is 0.0132 e. The second kappa shape index (κ2) is 10.0. The van der Waals surface area contributed by atoms with Gasteiger partial charge in [0.05, 0.1) is 0 Å². The fourth-order valence-electron chi connectivity index (χ4n) is 0.938. The molecule has 21 heavy (non-hydrogen) atoms. The molecule has 1 aromatic rings. The number of hydrogen-bond acceptors (Lipinski definition) is 0. The summed E-state index contributed by atoms with van der Waals surface area (Å²) in [4.78, 5) is 0. The van der Waals surface area contributed by atoms with E-state index in [1.165, 1.54) is 5.56 Å². The first kappa shape index (κ1) is 25.2. The Morgan fingerprint density at radius 2 is 0.762 bits per heavy atom. The van der Waals surface area contributed by atoms with Gasteiger partial charge in [0, 0.05) is 0 Å². The van der Waals surface area contributed by atoms with Crippen LogP contribution in [-0.4, -0.2) is 0 Å². The average molecular weight is 295 g/mol. The normalized spacial score (nSPS) is 11.2. The molecule has 1 rings (SSSR count). The first-order valence-electron chi connectivity index (χ1n) is 7.66. The van der Waals surface area contributed by atoms with Crippen molar-refractivity contribution < 1.29 is 0 Å². The molecule has 0 amide bonds. The van der Waals surface area contributed by atoms with Crippen LogP contribution in [0.25, 0.3) is 0 Å². The van der Waals surface area contributed by atoms with E-state index < -0.39 is 0 Å². The Kier molecular flexibility index (Phi) is 12.0. The Bertz CT molecular complexity index is 301. The summed E-state index contributed by atoms with van der Waals surface area (Å²) in [5, 5.41) is 0. The van der Waals surface area contributed by atoms with Crippen molar-refractivity contribution in [3.8, 4) is 0 Å². The Balaban J connectivity index is -0.000000254. The zero-order valence-corrected chi connectivity index (χ0v) is 15.9. The van der Waals surface area contributed by atoms with Gasteiger partial charge in [-0.1, -0.05) is 114 Å². The van der Waals surface area contributed by atoms with Crippen LogP contribution < -0.4 is 0 Å². The van der Waals surface area contributed by atoms with Gasteiger partial charge in [0.1, 0.15) is 0 Å². The van der Waals surface area contributed by atoms with E-state index in [0.29, 0.717) is 16.2 Å². The summed E-state index contributed by atoms with van der Waals surface area (Å²) < 4.78 is 0. The standard InChI is InChI=1S/C10H14.2C5H12.CH4/c1-10(2,3)9-7-5-4-6-8-9;2*1-5(2,3)4;/h4-8H,1-3H3;2*1-4H3;1H4. The lowest BCUT2D eigenvalue weighted by Gasteiger charge is -2.18. The molecule has 0 saturated heterocycles. The van der Waals surface area contributed by atoms with E-state index in [9.17, 15) is 0 Å². The van der Waals surface area contributed by atoms with E-state index in [1.54, 1.807) is 0 Å². The van der Waals surface area contributed by atoms with Crippen LogP contribution in [0, 0.1) is 10.8 Å². The highest BCUT2D eigenvalue weighted by atomic mass is 14.2. The lowest BCUT2D eigenvalue weighted by molar-refractivity contribution is 0.469. The van der Waals surface area contributed by atoms with Crippen LogP contribution >= 0.6 is 0 Å². The van der Waals surface area contributed by atoms with E-state index >= 15 is 0 Å². The maximum Gasteiger partial charge on any atom is -0.0132 e. The number of rotatable bonds is 0. The fourth-order valence-corrected chi connectivity index (χ4v) is 0.938. The molecule has 0 bridgehead atoms. The van der Waals surface area contributed by atoms with Crippen LogP contribution in [0.1, 0.15) is 89.2 Å². The van der Waals surface area contributed by atoms with Gasteiger partial charge >= 0.3 is 0 Å². The first-order valence-corrected chi connectivity index (χ1v) is 7.66. The van der Waals surface area contributed by atoms with Crippen molar-refractivity contribution in [2.75, 3.05) is 0 Å². The van der Waals surface area contributed by atoms with E-state index in [4.69, 9.17) is 0 Å². The van der Waals surface area contributed by atoms with Crippen LogP contribution in [0.2, 0.25) is 0 Å². The van der Waals surface area contributed by atoms with Gasteiger partial charge < -0.3 is 0 Å². The fraction of sp³-hybridized carbons (Fsp3) is 0.714. The highest BCUT2D eigenvalue weighted by Gasteiger charge is 2.11. The Hall–Kier alpha value is -0.780. The van der Waals surface area contributed by atoms with Gasteiger partial charge in [-0.2, -0.15) is 0 Å². The Morgan fingerprint density at radius 3 is 0.905 bits per heavy atom. The molecule has 0 radical (unpaired) electrons. The Morgan fingerprint density at radius 1 is 0.524 bits per heavy atom. The van der Waals surface area contributed by atoms with Crippen LogP contribution in [0.5, 0.6) is 0 Å². The number of hydrogen-bond donors (Lipinski definition) is 0. The maximum atomic E-state index is 2.22.